The highest BCUT2D eigenvalue weighted by Gasteiger charge is 2.29. The molecule has 12 heavy (non-hydrogen) atoms. The van der Waals surface area contributed by atoms with Gasteiger partial charge in [-0.15, -0.1) is 0 Å². The topological polar surface area (TPSA) is 47.1 Å². The summed E-state index contributed by atoms with van der Waals surface area (Å²) in [6, 6.07) is 2.50. The largest absolute Gasteiger partial charge is 0.325 e. The van der Waals surface area contributed by atoms with Crippen LogP contribution in [-0.4, -0.2) is 40.9 Å². The van der Waals surface area contributed by atoms with E-state index in [9.17, 15) is 0 Å². The summed E-state index contributed by atoms with van der Waals surface area (Å²) in [6.07, 6.45) is 3.77. The zero-order valence-electron chi connectivity index (χ0n) is 7.22. The summed E-state index contributed by atoms with van der Waals surface area (Å²) in [4.78, 5) is 2.23. The summed E-state index contributed by atoms with van der Waals surface area (Å²) in [5, 5.41) is 4.19. The van der Waals surface area contributed by atoms with Crippen molar-refractivity contribution in [1.82, 2.24) is 14.7 Å². The Bertz CT molecular complexity index is 244. The van der Waals surface area contributed by atoms with E-state index in [4.69, 9.17) is 5.73 Å². The average molecular weight is 166 g/mol. The van der Waals surface area contributed by atoms with Gasteiger partial charge in [0.1, 0.15) is 0 Å². The van der Waals surface area contributed by atoms with Crippen LogP contribution in [0.25, 0.3) is 0 Å². The van der Waals surface area contributed by atoms with Crippen LogP contribution >= 0.6 is 0 Å². The first kappa shape index (κ1) is 7.76. The van der Waals surface area contributed by atoms with Crippen LogP contribution in [0.4, 0.5) is 0 Å². The van der Waals surface area contributed by atoms with Crippen LogP contribution in [0.2, 0.25) is 0 Å². The van der Waals surface area contributed by atoms with Crippen LogP contribution in [0.15, 0.2) is 18.5 Å². The first-order valence-electron chi connectivity index (χ1n) is 4.20. The van der Waals surface area contributed by atoms with Gasteiger partial charge in [-0.3, -0.25) is 4.68 Å². The van der Waals surface area contributed by atoms with Crippen LogP contribution in [0.3, 0.4) is 0 Å². The highest BCUT2D eigenvalue weighted by atomic mass is 15.3. The zero-order chi connectivity index (χ0) is 8.55. The Morgan fingerprint density at radius 2 is 2.33 bits per heavy atom. The molecule has 2 unspecified atom stereocenters. The average Bonchev–Trinajstić information content (AvgIpc) is 2.58. The molecule has 0 spiro atoms. The Morgan fingerprint density at radius 1 is 1.50 bits per heavy atom. The van der Waals surface area contributed by atoms with E-state index in [2.05, 4.69) is 17.0 Å². The number of nitrogens with two attached hydrogens (primary N) is 1. The summed E-state index contributed by atoms with van der Waals surface area (Å²) in [5.74, 6) is 0. The van der Waals surface area contributed by atoms with Gasteiger partial charge in [-0.1, -0.05) is 0 Å². The van der Waals surface area contributed by atoms with Gasteiger partial charge in [-0.05, 0) is 13.1 Å². The quantitative estimate of drug-likeness (QED) is 0.623. The lowest BCUT2D eigenvalue weighted by Crippen LogP contribution is -2.31. The Kier molecular flexibility index (Phi) is 1.86. The minimum atomic E-state index is 0.217. The molecule has 1 aromatic heterocycles. The highest BCUT2D eigenvalue weighted by molar-refractivity contribution is 4.92. The van der Waals surface area contributed by atoms with Crippen molar-refractivity contribution >= 4 is 0 Å². The molecule has 0 aliphatic carbocycles. The van der Waals surface area contributed by atoms with Crippen molar-refractivity contribution in [2.75, 3.05) is 20.1 Å². The van der Waals surface area contributed by atoms with Crippen molar-refractivity contribution in [3.05, 3.63) is 18.5 Å². The van der Waals surface area contributed by atoms with Crippen molar-refractivity contribution in [3.8, 4) is 0 Å². The fourth-order valence-electron chi connectivity index (χ4n) is 1.77. The Labute approximate surface area is 72.0 Å². The Hall–Kier alpha value is -0.870. The number of likely N-dealkylation sites (N-methyl/N-ethyl adjacent to an activating group) is 1. The molecule has 1 aliphatic heterocycles. The van der Waals surface area contributed by atoms with Crippen LogP contribution in [0, 0.1) is 0 Å². The van der Waals surface area contributed by atoms with Gasteiger partial charge < -0.3 is 10.6 Å². The molecule has 4 heteroatoms. The fourth-order valence-corrected chi connectivity index (χ4v) is 1.77. The minimum absolute atomic E-state index is 0.217. The lowest BCUT2D eigenvalue weighted by molar-refractivity contribution is 0.381. The molecule has 1 aliphatic rings. The maximum absolute atomic E-state index is 5.96. The van der Waals surface area contributed by atoms with Crippen molar-refractivity contribution < 1.29 is 0 Å². The third-order valence-electron chi connectivity index (χ3n) is 2.38. The molecule has 0 radical (unpaired) electrons. The SMILES string of the molecule is CN1CC(N)C(n2cccn2)C1. The molecule has 2 heterocycles. The third-order valence-corrected chi connectivity index (χ3v) is 2.38. The van der Waals surface area contributed by atoms with E-state index in [0.717, 1.165) is 13.1 Å². The van der Waals surface area contributed by atoms with Gasteiger partial charge in [0.05, 0.1) is 6.04 Å². The second-order valence-electron chi connectivity index (χ2n) is 3.44. The smallest absolute Gasteiger partial charge is 0.0808 e. The standard InChI is InChI=1S/C8H14N4/c1-11-5-7(9)8(6-11)12-4-2-3-10-12/h2-4,7-8H,5-6,9H2,1H3. The second-order valence-corrected chi connectivity index (χ2v) is 3.44. The van der Waals surface area contributed by atoms with Crippen LogP contribution in [0.5, 0.6) is 0 Å². The van der Waals surface area contributed by atoms with Crippen LogP contribution < -0.4 is 5.73 Å². The minimum Gasteiger partial charge on any atom is -0.325 e. The lowest BCUT2D eigenvalue weighted by atomic mass is 10.2. The Balaban J connectivity index is 2.15. The number of nitrogens with zero attached hydrogens (tertiary/aromatic N) is 3. The third kappa shape index (κ3) is 1.23. The summed E-state index contributed by atoms with van der Waals surface area (Å²) < 4.78 is 1.95. The molecular weight excluding hydrogens is 152 g/mol. The molecule has 0 amide bonds. The van der Waals surface area contributed by atoms with Gasteiger partial charge in [-0.2, -0.15) is 5.10 Å². The zero-order valence-corrected chi connectivity index (χ0v) is 7.22. The molecule has 0 saturated carbocycles. The molecule has 4 nitrogen and oxygen atoms in total. The van der Waals surface area contributed by atoms with Gasteiger partial charge >= 0.3 is 0 Å². The van der Waals surface area contributed by atoms with E-state index in [1.807, 2.05) is 16.9 Å². The molecule has 66 valence electrons. The number of likely N-dealkylation sites (tertiary alicyclic amines) is 1. The highest BCUT2D eigenvalue weighted by Crippen LogP contribution is 2.17. The molecule has 2 atom stereocenters. The maximum atomic E-state index is 5.96. The molecule has 1 aromatic rings. The van der Waals surface area contributed by atoms with Crippen molar-refractivity contribution in [3.63, 3.8) is 0 Å². The summed E-state index contributed by atoms with van der Waals surface area (Å²) in [5.41, 5.74) is 5.96. The van der Waals surface area contributed by atoms with Crippen LogP contribution in [0.1, 0.15) is 6.04 Å². The normalized spacial score (nSPS) is 31.2. The number of hydrogen-bond acceptors (Lipinski definition) is 3. The molecule has 1 saturated heterocycles. The predicted molar refractivity (Wildman–Crippen MR) is 46.7 cm³/mol. The summed E-state index contributed by atoms with van der Waals surface area (Å²) in [6.45, 7) is 1.97. The number of aromatic nitrogens is 2. The molecule has 1 fully saturated rings. The summed E-state index contributed by atoms with van der Waals surface area (Å²) in [7, 11) is 2.09. The molecule has 0 aromatic carbocycles. The van der Waals surface area contributed by atoms with Crippen LogP contribution in [-0.2, 0) is 0 Å². The van der Waals surface area contributed by atoms with Gasteiger partial charge in [0.15, 0.2) is 0 Å². The fraction of sp³-hybridized carbons (Fsp3) is 0.625. The number of rotatable bonds is 1. The van der Waals surface area contributed by atoms with E-state index in [1.54, 1.807) is 6.20 Å². The monoisotopic (exact) mass is 166 g/mol. The van der Waals surface area contributed by atoms with E-state index >= 15 is 0 Å². The van der Waals surface area contributed by atoms with Crippen molar-refractivity contribution in [2.45, 2.75) is 12.1 Å². The van der Waals surface area contributed by atoms with E-state index in [-0.39, 0.29) is 6.04 Å². The Morgan fingerprint density at radius 3 is 2.83 bits per heavy atom. The lowest BCUT2D eigenvalue weighted by Gasteiger charge is -2.14. The van der Waals surface area contributed by atoms with Crippen molar-refractivity contribution in [1.29, 1.82) is 0 Å². The van der Waals surface area contributed by atoms with Gasteiger partial charge in [-0.25, -0.2) is 0 Å². The van der Waals surface area contributed by atoms with Crippen molar-refractivity contribution in [2.24, 2.45) is 5.73 Å². The molecule has 2 rings (SSSR count). The molecular formula is C8H14N4. The summed E-state index contributed by atoms with van der Waals surface area (Å²) >= 11 is 0. The first-order valence-corrected chi connectivity index (χ1v) is 4.20. The van der Waals surface area contributed by atoms with Gasteiger partial charge in [0.2, 0.25) is 0 Å². The second kappa shape index (κ2) is 2.88. The van der Waals surface area contributed by atoms with Gasteiger partial charge in [0, 0.05) is 31.5 Å². The van der Waals surface area contributed by atoms with E-state index < -0.39 is 0 Å². The first-order chi connectivity index (χ1) is 5.77. The molecule has 2 N–H and O–H groups in total. The van der Waals surface area contributed by atoms with Gasteiger partial charge in [0.25, 0.3) is 0 Å². The van der Waals surface area contributed by atoms with E-state index in [1.165, 1.54) is 0 Å². The molecule has 0 bridgehead atoms. The number of hydrogen-bond donors (Lipinski definition) is 1. The van der Waals surface area contributed by atoms with E-state index in [0.29, 0.717) is 6.04 Å². The maximum Gasteiger partial charge on any atom is 0.0808 e. The predicted octanol–water partition coefficient (Wildman–Crippen LogP) is -0.303.